The van der Waals surface area contributed by atoms with Crippen LogP contribution in [0.5, 0.6) is 0 Å². The summed E-state index contributed by atoms with van der Waals surface area (Å²) >= 11 is 0. The first kappa shape index (κ1) is 12.8. The quantitative estimate of drug-likeness (QED) is 0.668. The highest BCUT2D eigenvalue weighted by Crippen LogP contribution is 2.18. The van der Waals surface area contributed by atoms with Crippen molar-refractivity contribution in [3.8, 4) is 0 Å². The molecule has 0 aromatic rings. The second-order valence-electron chi connectivity index (χ2n) is 5.24. The maximum atomic E-state index is 10.8. The van der Waals surface area contributed by atoms with E-state index in [0.29, 0.717) is 6.54 Å². The molecule has 17 heavy (non-hydrogen) atoms. The Hall–Kier alpha value is -0.650. The molecule has 0 aromatic carbocycles. The minimum absolute atomic E-state index is 0.203. The molecule has 2 aliphatic heterocycles. The third-order valence-electron chi connectivity index (χ3n) is 3.81. The van der Waals surface area contributed by atoms with Crippen molar-refractivity contribution in [3.63, 3.8) is 0 Å². The second kappa shape index (κ2) is 6.33. The second-order valence-corrected chi connectivity index (χ2v) is 5.24. The molecule has 2 aliphatic rings. The van der Waals surface area contributed by atoms with E-state index in [1.165, 1.54) is 32.5 Å². The Morgan fingerprint density at radius 1 is 1.12 bits per heavy atom. The van der Waals surface area contributed by atoms with Gasteiger partial charge in [-0.1, -0.05) is 0 Å². The largest absolute Gasteiger partial charge is 0.369 e. The molecule has 0 unspecified atom stereocenters. The summed E-state index contributed by atoms with van der Waals surface area (Å²) in [5.74, 6) is 0.600. The molecule has 1 amide bonds. The van der Waals surface area contributed by atoms with Crippen molar-refractivity contribution >= 4 is 5.91 Å². The number of carbonyl (C=O) groups is 1. The fourth-order valence-corrected chi connectivity index (χ4v) is 2.81. The number of rotatable bonds is 4. The summed E-state index contributed by atoms with van der Waals surface area (Å²) in [6, 6.07) is 0. The summed E-state index contributed by atoms with van der Waals surface area (Å²) in [6.07, 6.45) is 2.41. The van der Waals surface area contributed by atoms with Crippen LogP contribution in [0.4, 0.5) is 0 Å². The van der Waals surface area contributed by atoms with Crippen molar-refractivity contribution in [2.45, 2.75) is 12.8 Å². The highest BCUT2D eigenvalue weighted by atomic mass is 16.1. The normalized spacial score (nSPS) is 24.9. The van der Waals surface area contributed by atoms with Crippen molar-refractivity contribution in [3.05, 3.63) is 0 Å². The molecule has 0 spiro atoms. The number of piperazine rings is 1. The molecule has 0 radical (unpaired) electrons. The van der Waals surface area contributed by atoms with Gasteiger partial charge in [0.05, 0.1) is 6.54 Å². The van der Waals surface area contributed by atoms with Crippen molar-refractivity contribution in [1.29, 1.82) is 0 Å². The Bertz CT molecular complexity index is 245. The van der Waals surface area contributed by atoms with Crippen LogP contribution in [0.1, 0.15) is 12.8 Å². The first-order valence-electron chi connectivity index (χ1n) is 6.68. The monoisotopic (exact) mass is 240 g/mol. The maximum absolute atomic E-state index is 10.8. The molecule has 0 saturated carbocycles. The predicted octanol–water partition coefficient (Wildman–Crippen LogP) is -0.911. The Morgan fingerprint density at radius 3 is 2.35 bits per heavy atom. The highest BCUT2D eigenvalue weighted by Gasteiger charge is 2.22. The predicted molar refractivity (Wildman–Crippen MR) is 67.7 cm³/mol. The Kier molecular flexibility index (Phi) is 4.76. The van der Waals surface area contributed by atoms with Crippen LogP contribution in [0.3, 0.4) is 0 Å². The summed E-state index contributed by atoms with van der Waals surface area (Å²) in [4.78, 5) is 15.6. The van der Waals surface area contributed by atoms with Crippen molar-refractivity contribution in [1.82, 2.24) is 15.1 Å². The third kappa shape index (κ3) is 4.26. The number of nitrogens with one attached hydrogen (secondary N) is 1. The number of likely N-dealkylation sites (tertiary alicyclic amines) is 1. The first-order chi connectivity index (χ1) is 8.24. The topological polar surface area (TPSA) is 61.6 Å². The molecule has 98 valence electrons. The van der Waals surface area contributed by atoms with Gasteiger partial charge in [0.1, 0.15) is 0 Å². The third-order valence-corrected chi connectivity index (χ3v) is 3.81. The summed E-state index contributed by atoms with van der Waals surface area (Å²) in [6.45, 7) is 8.33. The number of nitrogens with zero attached hydrogens (tertiary/aromatic N) is 2. The number of nitrogens with two attached hydrogens (primary N) is 1. The van der Waals surface area contributed by atoms with Gasteiger partial charge in [0.25, 0.3) is 0 Å². The highest BCUT2D eigenvalue weighted by molar-refractivity contribution is 5.75. The van der Waals surface area contributed by atoms with Gasteiger partial charge >= 0.3 is 0 Å². The molecule has 5 nitrogen and oxygen atoms in total. The van der Waals surface area contributed by atoms with Crippen LogP contribution in [0.15, 0.2) is 0 Å². The zero-order valence-electron chi connectivity index (χ0n) is 10.5. The summed E-state index contributed by atoms with van der Waals surface area (Å²) in [5, 5.41) is 3.38. The molecule has 5 heteroatoms. The van der Waals surface area contributed by atoms with Crippen molar-refractivity contribution in [2.24, 2.45) is 11.7 Å². The van der Waals surface area contributed by atoms with E-state index in [2.05, 4.69) is 15.1 Å². The number of amides is 1. The fourth-order valence-electron chi connectivity index (χ4n) is 2.81. The molecule has 0 aromatic heterocycles. The van der Waals surface area contributed by atoms with Crippen LogP contribution in [-0.4, -0.2) is 68.1 Å². The SMILES string of the molecule is NC(=O)CN1CCC(CN2CCNCC2)CC1. The van der Waals surface area contributed by atoms with Gasteiger partial charge in [-0.3, -0.25) is 9.69 Å². The van der Waals surface area contributed by atoms with Crippen LogP contribution in [0.2, 0.25) is 0 Å². The molecule has 2 rings (SSSR count). The van der Waals surface area contributed by atoms with Crippen LogP contribution < -0.4 is 11.1 Å². The lowest BCUT2D eigenvalue weighted by atomic mass is 9.96. The van der Waals surface area contributed by atoms with Gasteiger partial charge in [-0.05, 0) is 31.8 Å². The lowest BCUT2D eigenvalue weighted by Crippen LogP contribution is -2.47. The van der Waals surface area contributed by atoms with Gasteiger partial charge in [0.2, 0.25) is 5.91 Å². The van der Waals surface area contributed by atoms with E-state index in [1.54, 1.807) is 0 Å². The molecule has 0 bridgehead atoms. The molecule has 0 atom stereocenters. The minimum Gasteiger partial charge on any atom is -0.369 e. The number of hydrogen-bond donors (Lipinski definition) is 2. The summed E-state index contributed by atoms with van der Waals surface area (Å²) in [5.41, 5.74) is 5.21. The van der Waals surface area contributed by atoms with Gasteiger partial charge in [-0.25, -0.2) is 0 Å². The van der Waals surface area contributed by atoms with Gasteiger partial charge < -0.3 is 16.0 Å². The Balaban J connectivity index is 1.66. The van der Waals surface area contributed by atoms with E-state index < -0.39 is 0 Å². The van der Waals surface area contributed by atoms with E-state index in [4.69, 9.17) is 5.73 Å². The minimum atomic E-state index is -0.203. The van der Waals surface area contributed by atoms with Gasteiger partial charge in [-0.2, -0.15) is 0 Å². The zero-order valence-corrected chi connectivity index (χ0v) is 10.5. The van der Waals surface area contributed by atoms with Crippen LogP contribution in [-0.2, 0) is 4.79 Å². The van der Waals surface area contributed by atoms with E-state index in [-0.39, 0.29) is 5.91 Å². The molecule has 2 fully saturated rings. The maximum Gasteiger partial charge on any atom is 0.231 e. The van der Waals surface area contributed by atoms with Crippen LogP contribution >= 0.6 is 0 Å². The number of primary amides is 1. The fraction of sp³-hybridized carbons (Fsp3) is 0.917. The molecule has 3 N–H and O–H groups in total. The van der Waals surface area contributed by atoms with Gasteiger partial charge in [-0.15, -0.1) is 0 Å². The molecule has 0 aliphatic carbocycles. The first-order valence-corrected chi connectivity index (χ1v) is 6.68. The zero-order chi connectivity index (χ0) is 12.1. The van der Waals surface area contributed by atoms with E-state index in [9.17, 15) is 4.79 Å². The van der Waals surface area contributed by atoms with Crippen molar-refractivity contribution in [2.75, 3.05) is 52.4 Å². The summed E-state index contributed by atoms with van der Waals surface area (Å²) in [7, 11) is 0. The average molecular weight is 240 g/mol. The summed E-state index contributed by atoms with van der Waals surface area (Å²) < 4.78 is 0. The lowest BCUT2D eigenvalue weighted by molar-refractivity contribution is -0.119. The van der Waals surface area contributed by atoms with Crippen LogP contribution in [0, 0.1) is 5.92 Å². The smallest absolute Gasteiger partial charge is 0.231 e. The van der Waals surface area contributed by atoms with Gasteiger partial charge in [0.15, 0.2) is 0 Å². The molecule has 2 heterocycles. The standard InChI is InChI=1S/C12H24N4O/c13-12(17)10-15-5-1-11(2-6-15)9-16-7-3-14-4-8-16/h11,14H,1-10H2,(H2,13,17). The van der Waals surface area contributed by atoms with Gasteiger partial charge in [0, 0.05) is 32.7 Å². The number of piperidine rings is 1. The number of carbonyl (C=O) groups excluding carboxylic acids is 1. The van der Waals surface area contributed by atoms with Crippen LogP contribution in [0.25, 0.3) is 0 Å². The van der Waals surface area contributed by atoms with E-state index in [1.807, 2.05) is 0 Å². The lowest BCUT2D eigenvalue weighted by Gasteiger charge is -2.35. The molecule has 2 saturated heterocycles. The van der Waals surface area contributed by atoms with Crippen molar-refractivity contribution < 1.29 is 4.79 Å². The van der Waals surface area contributed by atoms with E-state index in [0.717, 1.165) is 32.1 Å². The Morgan fingerprint density at radius 2 is 1.76 bits per heavy atom. The molecular formula is C12H24N4O. The number of hydrogen-bond acceptors (Lipinski definition) is 4. The average Bonchev–Trinajstić information content (AvgIpc) is 2.32. The Labute approximate surface area is 103 Å². The van der Waals surface area contributed by atoms with E-state index >= 15 is 0 Å². The molecular weight excluding hydrogens is 216 g/mol.